The highest BCUT2D eigenvalue weighted by atomic mass is 16.5. The quantitative estimate of drug-likeness (QED) is 0.855. The van der Waals surface area contributed by atoms with E-state index in [9.17, 15) is 9.59 Å². The summed E-state index contributed by atoms with van der Waals surface area (Å²) >= 11 is 0. The minimum atomic E-state index is -0.167. The third kappa shape index (κ3) is 4.18. The molecule has 21 heavy (non-hydrogen) atoms. The molecule has 0 aromatic heterocycles. The first kappa shape index (κ1) is 14.8. The van der Waals surface area contributed by atoms with Gasteiger partial charge in [-0.25, -0.2) is 0 Å². The van der Waals surface area contributed by atoms with Gasteiger partial charge >= 0.3 is 0 Å². The number of ketones is 1. The van der Waals surface area contributed by atoms with E-state index in [1.165, 1.54) is 13.8 Å². The number of benzene rings is 2. The van der Waals surface area contributed by atoms with Crippen LogP contribution in [0.25, 0.3) is 0 Å². The first-order chi connectivity index (χ1) is 10.1. The third-order valence-electron chi connectivity index (χ3n) is 2.92. The lowest BCUT2D eigenvalue weighted by Gasteiger charge is -2.12. The van der Waals surface area contributed by atoms with Crippen LogP contribution >= 0.6 is 0 Å². The van der Waals surface area contributed by atoms with Gasteiger partial charge in [0.1, 0.15) is 12.4 Å². The molecular weight excluding hydrogens is 266 g/mol. The fraction of sp³-hybridized carbons (Fsp3) is 0.176. The molecule has 0 aliphatic carbocycles. The van der Waals surface area contributed by atoms with E-state index in [1.54, 1.807) is 18.2 Å². The van der Waals surface area contributed by atoms with Crippen LogP contribution < -0.4 is 10.1 Å². The van der Waals surface area contributed by atoms with Crippen LogP contribution in [-0.2, 0) is 11.4 Å². The monoisotopic (exact) mass is 283 g/mol. The number of hydrogen-bond donors (Lipinski definition) is 1. The lowest BCUT2D eigenvalue weighted by Crippen LogP contribution is -2.07. The molecule has 1 amide bonds. The van der Waals surface area contributed by atoms with Crippen molar-refractivity contribution in [3.05, 3.63) is 59.7 Å². The predicted molar refractivity (Wildman–Crippen MR) is 81.5 cm³/mol. The molecule has 0 radical (unpaired) electrons. The molecule has 0 saturated carbocycles. The second-order valence-corrected chi connectivity index (χ2v) is 4.72. The molecule has 2 aromatic carbocycles. The molecule has 4 heteroatoms. The minimum Gasteiger partial charge on any atom is -0.488 e. The van der Waals surface area contributed by atoms with E-state index in [-0.39, 0.29) is 11.7 Å². The summed E-state index contributed by atoms with van der Waals surface area (Å²) in [6, 6.07) is 14.7. The van der Waals surface area contributed by atoms with Gasteiger partial charge in [0.15, 0.2) is 5.78 Å². The van der Waals surface area contributed by atoms with Gasteiger partial charge in [0.25, 0.3) is 0 Å². The summed E-state index contributed by atoms with van der Waals surface area (Å²) in [4.78, 5) is 22.7. The van der Waals surface area contributed by atoms with Crippen molar-refractivity contribution < 1.29 is 14.3 Å². The molecule has 0 heterocycles. The van der Waals surface area contributed by atoms with Gasteiger partial charge in [0, 0.05) is 18.7 Å². The van der Waals surface area contributed by atoms with Gasteiger partial charge in [-0.15, -0.1) is 0 Å². The molecular formula is C17H17NO3. The smallest absolute Gasteiger partial charge is 0.221 e. The van der Waals surface area contributed by atoms with Crippen molar-refractivity contribution in [1.29, 1.82) is 0 Å². The third-order valence-corrected chi connectivity index (χ3v) is 2.92. The second kappa shape index (κ2) is 6.70. The first-order valence-corrected chi connectivity index (χ1v) is 6.65. The first-order valence-electron chi connectivity index (χ1n) is 6.65. The SMILES string of the molecule is CC(=O)Nc1ccc(C(C)=O)c(OCc2ccccc2)c1. The summed E-state index contributed by atoms with van der Waals surface area (Å²) in [5.74, 6) is 0.227. The Hall–Kier alpha value is -2.62. The lowest BCUT2D eigenvalue weighted by molar-refractivity contribution is -0.114. The van der Waals surface area contributed by atoms with Crippen molar-refractivity contribution in [3.8, 4) is 5.75 Å². The van der Waals surface area contributed by atoms with Gasteiger partial charge in [-0.3, -0.25) is 9.59 Å². The average Bonchev–Trinajstić information content (AvgIpc) is 2.45. The van der Waals surface area contributed by atoms with Gasteiger partial charge in [-0.2, -0.15) is 0 Å². The van der Waals surface area contributed by atoms with E-state index in [4.69, 9.17) is 4.74 Å². The largest absolute Gasteiger partial charge is 0.488 e. The Morgan fingerprint density at radius 1 is 1.05 bits per heavy atom. The van der Waals surface area contributed by atoms with Crippen molar-refractivity contribution in [2.75, 3.05) is 5.32 Å². The highest BCUT2D eigenvalue weighted by Crippen LogP contribution is 2.25. The normalized spacial score (nSPS) is 10.0. The summed E-state index contributed by atoms with van der Waals surface area (Å²) < 4.78 is 5.73. The molecule has 0 bridgehead atoms. The van der Waals surface area contributed by atoms with E-state index in [1.807, 2.05) is 30.3 Å². The van der Waals surface area contributed by atoms with Gasteiger partial charge in [0.05, 0.1) is 5.56 Å². The number of carbonyl (C=O) groups excluding carboxylic acids is 2. The van der Waals surface area contributed by atoms with Crippen molar-refractivity contribution in [1.82, 2.24) is 0 Å². The molecule has 0 fully saturated rings. The van der Waals surface area contributed by atoms with Crippen molar-refractivity contribution in [2.45, 2.75) is 20.5 Å². The average molecular weight is 283 g/mol. The van der Waals surface area contributed by atoms with E-state index in [2.05, 4.69) is 5.32 Å². The Bertz CT molecular complexity index is 650. The maximum Gasteiger partial charge on any atom is 0.221 e. The fourth-order valence-corrected chi connectivity index (χ4v) is 1.95. The van der Waals surface area contributed by atoms with Crippen LogP contribution in [0.3, 0.4) is 0 Å². The lowest BCUT2D eigenvalue weighted by atomic mass is 10.1. The predicted octanol–water partition coefficient (Wildman–Crippen LogP) is 3.43. The Labute approximate surface area is 123 Å². The summed E-state index contributed by atoms with van der Waals surface area (Å²) in [7, 11) is 0. The van der Waals surface area contributed by atoms with E-state index >= 15 is 0 Å². The number of amides is 1. The van der Waals surface area contributed by atoms with Gasteiger partial charge in [0.2, 0.25) is 5.91 Å². The Morgan fingerprint density at radius 2 is 1.76 bits per heavy atom. The maximum atomic E-state index is 11.6. The van der Waals surface area contributed by atoms with E-state index in [0.29, 0.717) is 23.6 Å². The van der Waals surface area contributed by atoms with Gasteiger partial charge in [-0.1, -0.05) is 30.3 Å². The van der Waals surface area contributed by atoms with Crippen LogP contribution in [0.4, 0.5) is 5.69 Å². The molecule has 0 unspecified atom stereocenters. The summed E-state index contributed by atoms with van der Waals surface area (Å²) in [5, 5.41) is 2.68. The number of carbonyl (C=O) groups is 2. The van der Waals surface area contributed by atoms with Gasteiger partial charge in [-0.05, 0) is 24.6 Å². The summed E-state index contributed by atoms with van der Waals surface area (Å²) in [6.45, 7) is 3.29. The molecule has 0 saturated heterocycles. The topological polar surface area (TPSA) is 55.4 Å². The number of ether oxygens (including phenoxy) is 1. The molecule has 0 atom stereocenters. The van der Waals surface area contributed by atoms with Crippen LogP contribution in [0.2, 0.25) is 0 Å². The second-order valence-electron chi connectivity index (χ2n) is 4.72. The fourth-order valence-electron chi connectivity index (χ4n) is 1.95. The molecule has 2 aromatic rings. The molecule has 2 rings (SSSR count). The van der Waals surface area contributed by atoms with Crippen LogP contribution in [-0.4, -0.2) is 11.7 Å². The maximum absolute atomic E-state index is 11.6. The minimum absolute atomic E-state index is 0.0764. The van der Waals surface area contributed by atoms with Gasteiger partial charge < -0.3 is 10.1 Å². The van der Waals surface area contributed by atoms with E-state index < -0.39 is 0 Å². The number of hydrogen-bond acceptors (Lipinski definition) is 3. The van der Waals surface area contributed by atoms with Crippen molar-refractivity contribution in [3.63, 3.8) is 0 Å². The standard InChI is InChI=1S/C17H17NO3/c1-12(19)16-9-8-15(18-13(2)20)10-17(16)21-11-14-6-4-3-5-7-14/h3-10H,11H2,1-2H3,(H,18,20). The summed E-state index contributed by atoms with van der Waals surface area (Å²) in [6.07, 6.45) is 0. The Balaban J connectivity index is 2.22. The molecule has 108 valence electrons. The Kier molecular flexibility index (Phi) is 4.72. The highest BCUT2D eigenvalue weighted by molar-refractivity contribution is 5.98. The van der Waals surface area contributed by atoms with Crippen LogP contribution in [0.5, 0.6) is 5.75 Å². The number of rotatable bonds is 5. The number of anilines is 1. The van der Waals surface area contributed by atoms with Crippen LogP contribution in [0.1, 0.15) is 29.8 Å². The van der Waals surface area contributed by atoms with Crippen LogP contribution in [0, 0.1) is 0 Å². The molecule has 0 aliphatic heterocycles. The Morgan fingerprint density at radius 3 is 2.38 bits per heavy atom. The van der Waals surface area contributed by atoms with Crippen molar-refractivity contribution >= 4 is 17.4 Å². The van der Waals surface area contributed by atoms with Crippen LogP contribution in [0.15, 0.2) is 48.5 Å². The molecule has 1 N–H and O–H groups in total. The summed E-state index contributed by atoms with van der Waals surface area (Å²) in [5.41, 5.74) is 2.12. The highest BCUT2D eigenvalue weighted by Gasteiger charge is 2.10. The van der Waals surface area contributed by atoms with Crippen molar-refractivity contribution in [2.24, 2.45) is 0 Å². The number of nitrogens with one attached hydrogen (secondary N) is 1. The van der Waals surface area contributed by atoms with E-state index in [0.717, 1.165) is 5.56 Å². The molecule has 0 aliphatic rings. The molecule has 4 nitrogen and oxygen atoms in total. The molecule has 0 spiro atoms. The number of Topliss-reactive ketones (excluding diaryl/α,β-unsaturated/α-hetero) is 1. The zero-order valence-electron chi connectivity index (χ0n) is 12.1. The zero-order valence-corrected chi connectivity index (χ0v) is 12.1. The zero-order chi connectivity index (χ0) is 15.2.